The lowest BCUT2D eigenvalue weighted by molar-refractivity contribution is -0.118. The Morgan fingerprint density at radius 1 is 1.29 bits per heavy atom. The summed E-state index contributed by atoms with van der Waals surface area (Å²) in [7, 11) is 1.59. The van der Waals surface area contributed by atoms with Crippen LogP contribution in [0.4, 0.5) is 5.82 Å². The van der Waals surface area contributed by atoms with E-state index >= 15 is 0 Å². The predicted octanol–water partition coefficient (Wildman–Crippen LogP) is 2.03. The molecular formula is C19H19N3O6. The highest BCUT2D eigenvalue weighted by molar-refractivity contribution is 6.00. The van der Waals surface area contributed by atoms with Gasteiger partial charge in [0.15, 0.2) is 6.61 Å². The van der Waals surface area contributed by atoms with Crippen LogP contribution in [0.25, 0.3) is 11.0 Å². The average Bonchev–Trinajstić information content (AvgIpc) is 3.00. The van der Waals surface area contributed by atoms with Crippen molar-refractivity contribution < 1.29 is 23.5 Å². The first-order chi connectivity index (χ1) is 13.4. The molecule has 3 rings (SSSR count). The number of aromatic nitrogens is 2. The Labute approximate surface area is 159 Å². The van der Waals surface area contributed by atoms with Crippen molar-refractivity contribution in [1.29, 1.82) is 0 Å². The fourth-order valence-corrected chi connectivity index (χ4v) is 2.66. The molecule has 0 saturated carbocycles. The Morgan fingerprint density at radius 2 is 2.07 bits per heavy atom. The van der Waals surface area contributed by atoms with E-state index in [0.29, 0.717) is 11.3 Å². The minimum Gasteiger partial charge on any atom is -0.484 e. The largest absolute Gasteiger partial charge is 0.484 e. The number of ether oxygens (including phenoxy) is 2. The summed E-state index contributed by atoms with van der Waals surface area (Å²) in [6.07, 6.45) is 1.32. The number of hydrogen-bond donors (Lipinski definition) is 1. The molecule has 0 spiro atoms. The van der Waals surface area contributed by atoms with E-state index in [0.717, 1.165) is 10.9 Å². The molecule has 0 bridgehead atoms. The highest BCUT2D eigenvalue weighted by Crippen LogP contribution is 2.22. The second-order valence-corrected chi connectivity index (χ2v) is 5.99. The monoisotopic (exact) mass is 385 g/mol. The van der Waals surface area contributed by atoms with Crippen molar-refractivity contribution in [2.45, 2.75) is 13.8 Å². The van der Waals surface area contributed by atoms with Crippen molar-refractivity contribution in [1.82, 2.24) is 9.78 Å². The third-order valence-corrected chi connectivity index (χ3v) is 3.98. The molecule has 0 aliphatic heterocycles. The second-order valence-electron chi connectivity index (χ2n) is 5.99. The summed E-state index contributed by atoms with van der Waals surface area (Å²) in [5.74, 6) is -0.481. The third-order valence-electron chi connectivity index (χ3n) is 3.98. The van der Waals surface area contributed by atoms with Crippen LogP contribution in [0.1, 0.15) is 22.8 Å². The van der Waals surface area contributed by atoms with Gasteiger partial charge in [0.05, 0.1) is 12.8 Å². The van der Waals surface area contributed by atoms with Crippen LogP contribution in [0, 0.1) is 6.92 Å². The van der Waals surface area contributed by atoms with Gasteiger partial charge in [-0.3, -0.25) is 9.48 Å². The molecule has 0 atom stereocenters. The number of amides is 1. The number of esters is 1. The number of rotatable bonds is 6. The van der Waals surface area contributed by atoms with Gasteiger partial charge in [-0.1, -0.05) is 0 Å². The third kappa shape index (κ3) is 4.03. The zero-order valence-electron chi connectivity index (χ0n) is 15.6. The SMILES string of the molecule is CCOC(=O)c1cnn(C)c1NC(=O)COc1ccc2c(C)cc(=O)oc2c1. The predicted molar refractivity (Wildman–Crippen MR) is 101 cm³/mol. The van der Waals surface area contributed by atoms with E-state index in [1.54, 1.807) is 32.2 Å². The maximum Gasteiger partial charge on any atom is 0.343 e. The summed E-state index contributed by atoms with van der Waals surface area (Å²) in [4.78, 5) is 35.7. The van der Waals surface area contributed by atoms with Crippen LogP contribution in [0.15, 0.2) is 39.7 Å². The van der Waals surface area contributed by atoms with E-state index in [4.69, 9.17) is 13.9 Å². The Kier molecular flexibility index (Phi) is 5.44. The fraction of sp³-hybridized carbons (Fsp3) is 0.263. The zero-order chi connectivity index (χ0) is 20.3. The minimum atomic E-state index is -0.577. The molecule has 2 heterocycles. The van der Waals surface area contributed by atoms with Crippen molar-refractivity contribution in [3.63, 3.8) is 0 Å². The maximum atomic E-state index is 12.2. The van der Waals surface area contributed by atoms with Gasteiger partial charge in [-0.2, -0.15) is 5.10 Å². The molecule has 0 unspecified atom stereocenters. The van der Waals surface area contributed by atoms with Gasteiger partial charge in [-0.05, 0) is 31.5 Å². The van der Waals surface area contributed by atoms with E-state index in [9.17, 15) is 14.4 Å². The number of benzene rings is 1. The highest BCUT2D eigenvalue weighted by atomic mass is 16.5. The Hall–Kier alpha value is -3.62. The van der Waals surface area contributed by atoms with Crippen LogP contribution in [-0.4, -0.2) is 34.9 Å². The van der Waals surface area contributed by atoms with Gasteiger partial charge in [0.2, 0.25) is 0 Å². The first-order valence-electron chi connectivity index (χ1n) is 8.55. The van der Waals surface area contributed by atoms with Crippen LogP contribution >= 0.6 is 0 Å². The van der Waals surface area contributed by atoms with E-state index in [-0.39, 0.29) is 24.6 Å². The standard InChI is InChI=1S/C19H19N3O6/c1-4-26-19(25)14-9-20-22(3)18(14)21-16(23)10-27-12-5-6-13-11(2)7-17(24)28-15(13)8-12/h5-9H,4,10H2,1-3H3,(H,21,23). The highest BCUT2D eigenvalue weighted by Gasteiger charge is 2.19. The van der Waals surface area contributed by atoms with Crippen LogP contribution in [0.2, 0.25) is 0 Å². The van der Waals surface area contributed by atoms with Gasteiger partial charge in [-0.25, -0.2) is 9.59 Å². The summed E-state index contributed by atoms with van der Waals surface area (Å²) in [5, 5.41) is 7.33. The molecular weight excluding hydrogens is 366 g/mol. The summed E-state index contributed by atoms with van der Waals surface area (Å²) in [5.41, 5.74) is 0.862. The number of carbonyl (C=O) groups excluding carboxylic acids is 2. The van der Waals surface area contributed by atoms with Gasteiger partial charge < -0.3 is 19.2 Å². The molecule has 1 aromatic carbocycles. The molecule has 1 N–H and O–H groups in total. The van der Waals surface area contributed by atoms with Crippen LogP contribution < -0.4 is 15.7 Å². The van der Waals surface area contributed by atoms with Crippen molar-refractivity contribution >= 4 is 28.7 Å². The molecule has 0 saturated heterocycles. The number of anilines is 1. The normalized spacial score (nSPS) is 10.7. The van der Waals surface area contributed by atoms with E-state index in [2.05, 4.69) is 10.4 Å². The summed E-state index contributed by atoms with van der Waals surface area (Å²) in [6, 6.07) is 6.38. The Balaban J connectivity index is 1.70. The van der Waals surface area contributed by atoms with Crippen LogP contribution in [0.5, 0.6) is 5.75 Å². The molecule has 2 aromatic heterocycles. The molecule has 3 aromatic rings. The van der Waals surface area contributed by atoms with Crippen molar-refractivity contribution in [3.8, 4) is 5.75 Å². The molecule has 28 heavy (non-hydrogen) atoms. The smallest absolute Gasteiger partial charge is 0.343 e. The van der Waals surface area contributed by atoms with E-state index in [1.807, 2.05) is 6.92 Å². The molecule has 0 radical (unpaired) electrons. The summed E-state index contributed by atoms with van der Waals surface area (Å²) in [6.45, 7) is 3.40. The first-order valence-corrected chi connectivity index (χ1v) is 8.55. The average molecular weight is 385 g/mol. The van der Waals surface area contributed by atoms with Crippen molar-refractivity contribution in [2.75, 3.05) is 18.5 Å². The fourth-order valence-electron chi connectivity index (χ4n) is 2.66. The molecule has 9 heteroatoms. The van der Waals surface area contributed by atoms with Crippen molar-refractivity contribution in [2.24, 2.45) is 7.05 Å². The quantitative estimate of drug-likeness (QED) is 0.510. The van der Waals surface area contributed by atoms with E-state index in [1.165, 1.54) is 16.9 Å². The van der Waals surface area contributed by atoms with Gasteiger partial charge >= 0.3 is 11.6 Å². The number of nitrogens with one attached hydrogen (secondary N) is 1. The second kappa shape index (κ2) is 7.95. The molecule has 0 aliphatic rings. The number of fused-ring (bicyclic) bond motifs is 1. The molecule has 0 fully saturated rings. The first kappa shape index (κ1) is 19.2. The minimum absolute atomic E-state index is 0.153. The molecule has 146 valence electrons. The summed E-state index contributed by atoms with van der Waals surface area (Å²) >= 11 is 0. The van der Waals surface area contributed by atoms with Gasteiger partial charge in [0.1, 0.15) is 22.7 Å². The Bertz CT molecular complexity index is 1100. The number of carbonyl (C=O) groups is 2. The topological polar surface area (TPSA) is 113 Å². The lowest BCUT2D eigenvalue weighted by Crippen LogP contribution is -2.23. The number of aryl methyl sites for hydroxylation is 2. The van der Waals surface area contributed by atoms with E-state index < -0.39 is 17.5 Å². The van der Waals surface area contributed by atoms with Crippen molar-refractivity contribution in [3.05, 3.63) is 52.0 Å². The number of hydrogen-bond acceptors (Lipinski definition) is 7. The number of nitrogens with zero attached hydrogens (tertiary/aromatic N) is 2. The van der Waals surface area contributed by atoms with Crippen LogP contribution in [0.3, 0.4) is 0 Å². The van der Waals surface area contributed by atoms with Crippen LogP contribution in [-0.2, 0) is 16.6 Å². The Morgan fingerprint density at radius 3 is 2.82 bits per heavy atom. The lowest BCUT2D eigenvalue weighted by atomic mass is 10.1. The van der Waals surface area contributed by atoms with Gasteiger partial charge in [0, 0.05) is 24.6 Å². The van der Waals surface area contributed by atoms with Gasteiger partial charge in [0.25, 0.3) is 5.91 Å². The summed E-state index contributed by atoms with van der Waals surface area (Å²) < 4.78 is 16.9. The van der Waals surface area contributed by atoms with Gasteiger partial charge in [-0.15, -0.1) is 0 Å². The molecule has 1 amide bonds. The zero-order valence-corrected chi connectivity index (χ0v) is 15.6. The maximum absolute atomic E-state index is 12.2. The molecule has 9 nitrogen and oxygen atoms in total. The molecule has 0 aliphatic carbocycles. The lowest BCUT2D eigenvalue weighted by Gasteiger charge is -2.10.